The molecule has 134 valence electrons. The van der Waals surface area contributed by atoms with E-state index < -0.39 is 0 Å². The lowest BCUT2D eigenvalue weighted by Gasteiger charge is -2.18. The summed E-state index contributed by atoms with van der Waals surface area (Å²) in [5, 5.41) is 8.39. The van der Waals surface area contributed by atoms with Gasteiger partial charge in [0, 0.05) is 18.1 Å². The normalized spacial score (nSPS) is 17.5. The van der Waals surface area contributed by atoms with E-state index in [9.17, 15) is 4.79 Å². The second-order valence-electron chi connectivity index (χ2n) is 6.95. The number of hydrogen-bond acceptors (Lipinski definition) is 3. The lowest BCUT2D eigenvalue weighted by Crippen LogP contribution is -2.31. The lowest BCUT2D eigenvalue weighted by molar-refractivity contribution is 0.0785. The predicted molar refractivity (Wildman–Crippen MR) is 101 cm³/mol. The zero-order valence-corrected chi connectivity index (χ0v) is 15.8. The second kappa shape index (κ2) is 7.58. The highest BCUT2D eigenvalue weighted by molar-refractivity contribution is 6.30. The van der Waals surface area contributed by atoms with E-state index in [1.54, 1.807) is 6.20 Å². The maximum absolute atomic E-state index is 13.1. The number of rotatable bonds is 5. The number of aromatic nitrogens is 2. The molecule has 1 amide bonds. The predicted octanol–water partition coefficient (Wildman–Crippen LogP) is 3.33. The van der Waals surface area contributed by atoms with E-state index >= 15 is 0 Å². The quantitative estimate of drug-likeness (QED) is 0.889. The Morgan fingerprint density at radius 3 is 2.72 bits per heavy atom. The molecule has 2 aromatic rings. The van der Waals surface area contributed by atoms with Crippen LogP contribution in [0.5, 0.6) is 0 Å². The summed E-state index contributed by atoms with van der Waals surface area (Å²) >= 11 is 5.99. The van der Waals surface area contributed by atoms with Gasteiger partial charge in [0.15, 0.2) is 0 Å². The summed E-state index contributed by atoms with van der Waals surface area (Å²) in [5.41, 5.74) is 2.57. The number of amides is 1. The van der Waals surface area contributed by atoms with Gasteiger partial charge in [-0.3, -0.25) is 4.79 Å². The number of carbonyl (C=O) groups is 1. The van der Waals surface area contributed by atoms with Crippen LogP contribution in [0, 0.1) is 5.92 Å². The first-order valence-corrected chi connectivity index (χ1v) is 9.16. The van der Waals surface area contributed by atoms with Crippen LogP contribution in [-0.4, -0.2) is 47.3 Å². The number of nitrogens with one attached hydrogen (secondary N) is 1. The molecule has 0 bridgehead atoms. The summed E-state index contributed by atoms with van der Waals surface area (Å²) in [5.74, 6) is 0.804. The molecule has 3 rings (SSSR count). The Labute approximate surface area is 154 Å². The van der Waals surface area contributed by atoms with Crippen molar-refractivity contribution in [2.75, 3.05) is 26.7 Å². The van der Waals surface area contributed by atoms with Gasteiger partial charge in [-0.25, -0.2) is 4.68 Å². The minimum atomic E-state index is 0.0857. The molecule has 0 spiro atoms. The Kier molecular flexibility index (Phi) is 5.45. The largest absolute Gasteiger partial charge is 0.338 e. The van der Waals surface area contributed by atoms with Crippen molar-refractivity contribution in [1.29, 1.82) is 0 Å². The third-order valence-electron chi connectivity index (χ3n) is 4.72. The van der Waals surface area contributed by atoms with Crippen LogP contribution in [0.4, 0.5) is 0 Å². The Balaban J connectivity index is 1.89. The molecule has 1 N–H and O–H groups in total. The zero-order chi connectivity index (χ0) is 18.0. The number of benzene rings is 1. The third kappa shape index (κ3) is 3.72. The molecule has 5 nitrogen and oxygen atoms in total. The molecule has 1 aromatic heterocycles. The molecule has 1 atom stereocenters. The standard InChI is InChI=1S/C19H25ClN4O/c1-13(2)18-17(19(25)23-9-8-14(12-23)10-21-3)11-22-24(18)16-6-4-15(20)5-7-16/h4-7,11,13-14,21H,8-10,12H2,1-3H3. The van der Waals surface area contributed by atoms with Crippen molar-refractivity contribution in [3.05, 3.63) is 46.7 Å². The van der Waals surface area contributed by atoms with Crippen molar-refractivity contribution in [2.45, 2.75) is 26.2 Å². The topological polar surface area (TPSA) is 50.2 Å². The molecular weight excluding hydrogens is 336 g/mol. The molecule has 1 aliphatic rings. The molecule has 0 radical (unpaired) electrons. The van der Waals surface area contributed by atoms with E-state index in [2.05, 4.69) is 24.3 Å². The van der Waals surface area contributed by atoms with Crippen molar-refractivity contribution in [2.24, 2.45) is 5.92 Å². The van der Waals surface area contributed by atoms with Gasteiger partial charge in [0.1, 0.15) is 0 Å². The maximum Gasteiger partial charge on any atom is 0.257 e. The van der Waals surface area contributed by atoms with Crippen molar-refractivity contribution in [3.63, 3.8) is 0 Å². The molecule has 1 unspecified atom stereocenters. The monoisotopic (exact) mass is 360 g/mol. The molecule has 1 saturated heterocycles. The molecule has 1 fully saturated rings. The molecule has 0 saturated carbocycles. The van der Waals surface area contributed by atoms with E-state index in [1.165, 1.54) is 0 Å². The maximum atomic E-state index is 13.1. The molecule has 25 heavy (non-hydrogen) atoms. The average Bonchev–Trinajstić information content (AvgIpc) is 3.22. The third-order valence-corrected chi connectivity index (χ3v) is 4.97. The fourth-order valence-electron chi connectivity index (χ4n) is 3.51. The highest BCUT2D eigenvalue weighted by Gasteiger charge is 2.30. The summed E-state index contributed by atoms with van der Waals surface area (Å²) in [6.45, 7) is 6.75. The highest BCUT2D eigenvalue weighted by Crippen LogP contribution is 2.26. The van der Waals surface area contributed by atoms with Crippen LogP contribution in [0.15, 0.2) is 30.5 Å². The summed E-state index contributed by atoms with van der Waals surface area (Å²) in [4.78, 5) is 15.0. The summed E-state index contributed by atoms with van der Waals surface area (Å²) in [6, 6.07) is 7.53. The average molecular weight is 361 g/mol. The summed E-state index contributed by atoms with van der Waals surface area (Å²) in [6.07, 6.45) is 2.76. The number of halogens is 1. The van der Waals surface area contributed by atoms with Crippen LogP contribution in [0.2, 0.25) is 5.02 Å². The minimum absolute atomic E-state index is 0.0857. The number of carbonyl (C=O) groups excluding carboxylic acids is 1. The van der Waals surface area contributed by atoms with Crippen molar-refractivity contribution >= 4 is 17.5 Å². The van der Waals surface area contributed by atoms with Gasteiger partial charge >= 0.3 is 0 Å². The molecular formula is C19H25ClN4O. The molecule has 1 aliphatic heterocycles. The first-order chi connectivity index (χ1) is 12.0. The van der Waals surface area contributed by atoms with Gasteiger partial charge in [-0.15, -0.1) is 0 Å². The SMILES string of the molecule is CNCC1CCN(C(=O)c2cnn(-c3ccc(Cl)cc3)c2C(C)C)C1. The van der Waals surface area contributed by atoms with Crippen LogP contribution in [0.3, 0.4) is 0 Å². The Bertz CT molecular complexity index is 738. The van der Waals surface area contributed by atoms with Crippen LogP contribution in [0.1, 0.15) is 42.2 Å². The number of likely N-dealkylation sites (tertiary alicyclic amines) is 1. The smallest absolute Gasteiger partial charge is 0.257 e. The van der Waals surface area contributed by atoms with Gasteiger partial charge in [0.05, 0.1) is 23.1 Å². The minimum Gasteiger partial charge on any atom is -0.338 e. The fraction of sp³-hybridized carbons (Fsp3) is 0.474. The van der Waals surface area contributed by atoms with E-state index in [-0.39, 0.29) is 11.8 Å². The fourth-order valence-corrected chi connectivity index (χ4v) is 3.64. The summed E-state index contributed by atoms with van der Waals surface area (Å²) in [7, 11) is 1.96. The van der Waals surface area contributed by atoms with Crippen LogP contribution < -0.4 is 5.32 Å². The number of hydrogen-bond donors (Lipinski definition) is 1. The Morgan fingerprint density at radius 1 is 1.36 bits per heavy atom. The molecule has 2 heterocycles. The van der Waals surface area contributed by atoms with Crippen molar-refractivity contribution < 1.29 is 4.79 Å². The van der Waals surface area contributed by atoms with E-state index in [4.69, 9.17) is 11.6 Å². The molecule has 0 aliphatic carbocycles. The van der Waals surface area contributed by atoms with Crippen molar-refractivity contribution in [1.82, 2.24) is 20.0 Å². The van der Waals surface area contributed by atoms with E-state index in [0.29, 0.717) is 16.5 Å². The second-order valence-corrected chi connectivity index (χ2v) is 7.39. The molecule has 6 heteroatoms. The van der Waals surface area contributed by atoms with Gasteiger partial charge < -0.3 is 10.2 Å². The lowest BCUT2D eigenvalue weighted by atomic mass is 10.0. The Morgan fingerprint density at radius 2 is 2.08 bits per heavy atom. The van der Waals surface area contributed by atoms with Gasteiger partial charge in [-0.05, 0) is 56.1 Å². The summed E-state index contributed by atoms with van der Waals surface area (Å²) < 4.78 is 1.86. The highest BCUT2D eigenvalue weighted by atomic mass is 35.5. The Hall–Kier alpha value is -1.85. The van der Waals surface area contributed by atoms with Crippen LogP contribution in [-0.2, 0) is 0 Å². The van der Waals surface area contributed by atoms with E-state index in [0.717, 1.165) is 37.4 Å². The van der Waals surface area contributed by atoms with Gasteiger partial charge in [0.25, 0.3) is 5.91 Å². The van der Waals surface area contributed by atoms with Crippen LogP contribution in [0.25, 0.3) is 5.69 Å². The van der Waals surface area contributed by atoms with Crippen LogP contribution >= 0.6 is 11.6 Å². The molecule has 1 aromatic carbocycles. The van der Waals surface area contributed by atoms with Gasteiger partial charge in [-0.2, -0.15) is 5.10 Å². The number of nitrogens with zero attached hydrogens (tertiary/aromatic N) is 3. The van der Waals surface area contributed by atoms with Gasteiger partial charge in [0.2, 0.25) is 0 Å². The first kappa shape index (κ1) is 18.0. The van der Waals surface area contributed by atoms with Gasteiger partial charge in [-0.1, -0.05) is 25.4 Å². The zero-order valence-electron chi connectivity index (χ0n) is 15.0. The van der Waals surface area contributed by atoms with E-state index in [1.807, 2.05) is 40.9 Å². The first-order valence-electron chi connectivity index (χ1n) is 8.79. The van der Waals surface area contributed by atoms with Crippen molar-refractivity contribution in [3.8, 4) is 5.69 Å².